The van der Waals surface area contributed by atoms with Crippen LogP contribution in [0, 0.1) is 0 Å². The van der Waals surface area contributed by atoms with Gasteiger partial charge in [-0.15, -0.1) is 0 Å². The lowest BCUT2D eigenvalue weighted by Crippen LogP contribution is -3.00. The molecule has 0 saturated heterocycles. The van der Waals surface area contributed by atoms with Crippen LogP contribution in [0.1, 0.15) is 16.7 Å². The summed E-state index contributed by atoms with van der Waals surface area (Å²) < 4.78 is 2.38. The summed E-state index contributed by atoms with van der Waals surface area (Å²) in [5.74, 6) is 1.14. The summed E-state index contributed by atoms with van der Waals surface area (Å²) in [5.41, 5.74) is 3.20. The average molecular weight is 401 g/mol. The standard InChI is InChI=1S/C26H25N2.ClH/c1-27(2)25-20-12-13-21-28(25)26(22-14-6-3-7-15-22,23-16-8-4-9-17-23)24-18-10-5-11-19-24;/h3-21H,1-2H3;1H/q+1;/p-1. The third-order valence-corrected chi connectivity index (χ3v) is 5.23. The summed E-state index contributed by atoms with van der Waals surface area (Å²) in [6.07, 6.45) is 2.18. The van der Waals surface area contributed by atoms with Crippen LogP contribution in [-0.4, -0.2) is 14.1 Å². The Morgan fingerprint density at radius 3 is 1.31 bits per heavy atom. The van der Waals surface area contributed by atoms with Gasteiger partial charge in [-0.25, -0.2) is 4.57 Å². The van der Waals surface area contributed by atoms with Crippen molar-refractivity contribution >= 4 is 5.82 Å². The predicted molar refractivity (Wildman–Crippen MR) is 116 cm³/mol. The molecule has 0 aliphatic rings. The molecule has 0 radical (unpaired) electrons. The number of pyridine rings is 1. The van der Waals surface area contributed by atoms with Crippen molar-refractivity contribution in [2.75, 3.05) is 19.0 Å². The van der Waals surface area contributed by atoms with Crippen molar-refractivity contribution in [3.8, 4) is 0 Å². The molecule has 29 heavy (non-hydrogen) atoms. The monoisotopic (exact) mass is 400 g/mol. The Bertz CT molecular complexity index is 935. The molecule has 0 N–H and O–H groups in total. The van der Waals surface area contributed by atoms with Crippen LogP contribution < -0.4 is 21.9 Å². The van der Waals surface area contributed by atoms with Gasteiger partial charge in [0.1, 0.15) is 0 Å². The first-order chi connectivity index (χ1) is 13.7. The molecule has 1 heterocycles. The van der Waals surface area contributed by atoms with E-state index in [0.29, 0.717) is 0 Å². The van der Waals surface area contributed by atoms with Gasteiger partial charge in [-0.2, -0.15) is 0 Å². The molecule has 0 atom stereocenters. The summed E-state index contributed by atoms with van der Waals surface area (Å²) in [5, 5.41) is 0. The van der Waals surface area contributed by atoms with Crippen LogP contribution in [0.4, 0.5) is 5.82 Å². The van der Waals surface area contributed by atoms with Gasteiger partial charge in [-0.05, 0) is 6.07 Å². The van der Waals surface area contributed by atoms with Crippen molar-refractivity contribution in [3.63, 3.8) is 0 Å². The van der Waals surface area contributed by atoms with Gasteiger partial charge in [0.15, 0.2) is 5.54 Å². The van der Waals surface area contributed by atoms with Crippen molar-refractivity contribution in [2.24, 2.45) is 0 Å². The SMILES string of the molecule is CN(C)c1cccc[n+]1C(c1ccccc1)(c1ccccc1)c1ccccc1.[Cl-]. The first-order valence-corrected chi connectivity index (χ1v) is 9.59. The molecule has 4 rings (SSSR count). The Balaban J connectivity index is 0.00000240. The zero-order chi connectivity index (χ0) is 19.4. The van der Waals surface area contributed by atoms with Gasteiger partial charge >= 0.3 is 0 Å². The molecular weight excluding hydrogens is 376 g/mol. The van der Waals surface area contributed by atoms with E-state index in [-0.39, 0.29) is 12.4 Å². The van der Waals surface area contributed by atoms with E-state index in [0.717, 1.165) is 5.82 Å². The number of aromatic nitrogens is 1. The Labute approximate surface area is 179 Å². The molecule has 2 nitrogen and oxygen atoms in total. The number of rotatable bonds is 5. The minimum atomic E-state index is -0.482. The van der Waals surface area contributed by atoms with E-state index in [2.05, 4.69) is 139 Å². The molecule has 0 fully saturated rings. The van der Waals surface area contributed by atoms with Gasteiger partial charge in [0.2, 0.25) is 0 Å². The molecule has 4 aromatic rings. The third kappa shape index (κ3) is 3.64. The van der Waals surface area contributed by atoms with Gasteiger partial charge in [0, 0.05) is 22.8 Å². The Kier molecular flexibility index (Phi) is 6.36. The van der Waals surface area contributed by atoms with Crippen molar-refractivity contribution < 1.29 is 17.0 Å². The van der Waals surface area contributed by atoms with Crippen LogP contribution in [-0.2, 0) is 5.54 Å². The van der Waals surface area contributed by atoms with E-state index in [4.69, 9.17) is 0 Å². The van der Waals surface area contributed by atoms with Gasteiger partial charge in [-0.3, -0.25) is 4.90 Å². The van der Waals surface area contributed by atoms with E-state index < -0.39 is 5.54 Å². The number of anilines is 1. The number of hydrogen-bond donors (Lipinski definition) is 0. The Hall–Kier alpha value is -3.10. The number of nitrogens with zero attached hydrogens (tertiary/aromatic N) is 2. The fourth-order valence-electron chi connectivity index (χ4n) is 4.04. The first-order valence-electron chi connectivity index (χ1n) is 9.59. The van der Waals surface area contributed by atoms with Gasteiger partial charge in [0.25, 0.3) is 5.82 Å². The summed E-state index contributed by atoms with van der Waals surface area (Å²) in [6, 6.07) is 38.7. The van der Waals surface area contributed by atoms with E-state index in [1.54, 1.807) is 0 Å². The Morgan fingerprint density at radius 2 is 0.931 bits per heavy atom. The van der Waals surface area contributed by atoms with Gasteiger partial charge in [0.05, 0.1) is 20.3 Å². The maximum Gasteiger partial charge on any atom is 0.277 e. The summed E-state index contributed by atoms with van der Waals surface area (Å²) in [7, 11) is 4.19. The highest BCUT2D eigenvalue weighted by molar-refractivity contribution is 5.48. The molecule has 3 heteroatoms. The topological polar surface area (TPSA) is 7.12 Å². The summed E-state index contributed by atoms with van der Waals surface area (Å²) in [6.45, 7) is 0. The molecule has 0 aliphatic heterocycles. The second kappa shape index (κ2) is 8.93. The lowest BCUT2D eigenvalue weighted by Gasteiger charge is -2.35. The molecular formula is C26H25ClN2. The zero-order valence-electron chi connectivity index (χ0n) is 16.7. The zero-order valence-corrected chi connectivity index (χ0v) is 17.5. The molecule has 0 amide bonds. The predicted octanol–water partition coefficient (Wildman–Crippen LogP) is 1.88. The van der Waals surface area contributed by atoms with Crippen molar-refractivity contribution in [1.29, 1.82) is 0 Å². The molecule has 0 unspecified atom stereocenters. The first kappa shape index (κ1) is 20.6. The molecule has 0 aliphatic carbocycles. The van der Waals surface area contributed by atoms with E-state index in [1.165, 1.54) is 16.7 Å². The lowest BCUT2D eigenvalue weighted by molar-refractivity contribution is -0.722. The van der Waals surface area contributed by atoms with E-state index in [1.807, 2.05) is 0 Å². The van der Waals surface area contributed by atoms with Crippen LogP contribution >= 0.6 is 0 Å². The summed E-state index contributed by atoms with van der Waals surface area (Å²) >= 11 is 0. The number of halogens is 1. The minimum absolute atomic E-state index is 0. The normalized spacial score (nSPS) is 10.8. The quantitative estimate of drug-likeness (QED) is 0.366. The second-order valence-corrected chi connectivity index (χ2v) is 7.13. The lowest BCUT2D eigenvalue weighted by atomic mass is 9.76. The van der Waals surface area contributed by atoms with E-state index in [9.17, 15) is 0 Å². The van der Waals surface area contributed by atoms with Crippen molar-refractivity contribution in [3.05, 3.63) is 132 Å². The molecule has 146 valence electrons. The maximum absolute atomic E-state index is 2.38. The highest BCUT2D eigenvalue weighted by Gasteiger charge is 2.44. The minimum Gasteiger partial charge on any atom is -1.00 e. The van der Waals surface area contributed by atoms with E-state index >= 15 is 0 Å². The van der Waals surface area contributed by atoms with Crippen LogP contribution in [0.3, 0.4) is 0 Å². The Morgan fingerprint density at radius 1 is 0.552 bits per heavy atom. The molecule has 0 spiro atoms. The smallest absolute Gasteiger partial charge is 0.277 e. The van der Waals surface area contributed by atoms with Gasteiger partial charge < -0.3 is 12.4 Å². The van der Waals surface area contributed by atoms with Crippen molar-refractivity contribution in [1.82, 2.24) is 0 Å². The molecule has 1 aromatic heterocycles. The van der Waals surface area contributed by atoms with Gasteiger partial charge in [-0.1, -0.05) is 97.1 Å². The number of benzene rings is 3. The highest BCUT2D eigenvalue weighted by atomic mass is 35.5. The van der Waals surface area contributed by atoms with Crippen LogP contribution in [0.15, 0.2) is 115 Å². The van der Waals surface area contributed by atoms with Crippen LogP contribution in [0.2, 0.25) is 0 Å². The molecule has 0 bridgehead atoms. The number of hydrogen-bond acceptors (Lipinski definition) is 1. The fraction of sp³-hybridized carbons (Fsp3) is 0.115. The summed E-state index contributed by atoms with van der Waals surface area (Å²) in [4.78, 5) is 2.17. The maximum atomic E-state index is 2.38. The average Bonchev–Trinajstić information content (AvgIpc) is 2.77. The second-order valence-electron chi connectivity index (χ2n) is 7.13. The largest absolute Gasteiger partial charge is 1.00 e. The highest BCUT2D eigenvalue weighted by Crippen LogP contribution is 2.37. The third-order valence-electron chi connectivity index (χ3n) is 5.23. The molecule has 0 saturated carbocycles. The van der Waals surface area contributed by atoms with Crippen molar-refractivity contribution in [2.45, 2.75) is 5.54 Å². The van der Waals surface area contributed by atoms with Crippen LogP contribution in [0.25, 0.3) is 0 Å². The fourth-order valence-corrected chi connectivity index (χ4v) is 4.04. The molecule has 3 aromatic carbocycles. The van der Waals surface area contributed by atoms with Crippen LogP contribution in [0.5, 0.6) is 0 Å².